The first kappa shape index (κ1) is 30.2. The van der Waals surface area contributed by atoms with Gasteiger partial charge in [-0.1, -0.05) is 31.8 Å². The van der Waals surface area contributed by atoms with E-state index < -0.39 is 31.8 Å². The average molecular weight is 556 g/mol. The minimum Gasteiger partial charge on any atom is -0.469 e. The van der Waals surface area contributed by atoms with Crippen molar-refractivity contribution in [3.05, 3.63) is 53.9 Å². The predicted octanol–water partition coefficient (Wildman–Crippen LogP) is 6.58. The zero-order chi connectivity index (χ0) is 28.8. The molecule has 0 spiro atoms. The predicted molar refractivity (Wildman–Crippen MR) is 154 cm³/mol. The monoisotopic (exact) mass is 555 g/mol. The van der Waals surface area contributed by atoms with E-state index in [0.717, 1.165) is 29.2 Å². The maximum absolute atomic E-state index is 12.5. The molecular weight excluding hydrogens is 514 g/mol. The number of nitrogens with zero attached hydrogens (tertiary/aromatic N) is 2. The van der Waals surface area contributed by atoms with Gasteiger partial charge in [-0.25, -0.2) is 9.78 Å². The first-order valence-electron chi connectivity index (χ1n) is 13.1. The van der Waals surface area contributed by atoms with Gasteiger partial charge in [0.15, 0.2) is 0 Å². The molecule has 39 heavy (non-hydrogen) atoms. The molecule has 0 aliphatic heterocycles. The lowest BCUT2D eigenvalue weighted by atomic mass is 10.0. The summed E-state index contributed by atoms with van der Waals surface area (Å²) >= 11 is 0. The number of pyridine rings is 1. The lowest BCUT2D eigenvalue weighted by molar-refractivity contribution is -0.141. The highest BCUT2D eigenvalue weighted by molar-refractivity contribution is 6.76. The average Bonchev–Trinajstić information content (AvgIpc) is 3.16. The number of esters is 1. The molecule has 3 aromatic rings. The molecule has 0 fully saturated rings. The smallest absolute Gasteiger partial charge is 0.408 e. The summed E-state index contributed by atoms with van der Waals surface area (Å²) < 4.78 is 24.5. The van der Waals surface area contributed by atoms with Crippen LogP contribution in [0.4, 0.5) is 4.79 Å². The van der Waals surface area contributed by atoms with Crippen LogP contribution in [-0.2, 0) is 25.7 Å². The quantitative estimate of drug-likeness (QED) is 0.162. The highest BCUT2D eigenvalue weighted by Gasteiger charge is 2.24. The van der Waals surface area contributed by atoms with Crippen LogP contribution in [-0.4, -0.2) is 49.0 Å². The van der Waals surface area contributed by atoms with Crippen molar-refractivity contribution in [2.45, 2.75) is 78.2 Å². The van der Waals surface area contributed by atoms with Crippen molar-refractivity contribution in [2.75, 3.05) is 13.7 Å². The lowest BCUT2D eigenvalue weighted by Gasteiger charge is -2.23. The first-order valence-corrected chi connectivity index (χ1v) is 16.8. The summed E-state index contributed by atoms with van der Waals surface area (Å²) in [7, 11) is 0.146. The molecule has 1 amide bonds. The number of nitrogens with one attached hydrogen (secondary N) is 1. The van der Waals surface area contributed by atoms with Gasteiger partial charge in [-0.2, -0.15) is 0 Å². The Morgan fingerprint density at radius 2 is 1.90 bits per heavy atom. The van der Waals surface area contributed by atoms with Crippen molar-refractivity contribution in [3.63, 3.8) is 0 Å². The first-order chi connectivity index (χ1) is 18.3. The van der Waals surface area contributed by atoms with Crippen molar-refractivity contribution in [3.8, 4) is 11.5 Å². The highest BCUT2D eigenvalue weighted by atomic mass is 28.3. The number of rotatable bonds is 11. The standard InChI is InChI=1S/C29H41N3O6Si/c1-20-18-32(19-36-14-15-39(6,7)8)27-26(20)24(12-13-30-27)37-22-11-9-10-21(16-22)23(17-25(33)35-5)31-28(34)38-29(2,3)4/h9-13,16,18,23H,14-15,17,19H2,1-8H3,(H,31,34). The van der Waals surface area contributed by atoms with Gasteiger partial charge < -0.3 is 28.8 Å². The second-order valence-electron chi connectivity index (χ2n) is 11.8. The molecular formula is C29H41N3O6Si. The Hall–Kier alpha value is -3.37. The Balaban J connectivity index is 1.82. The van der Waals surface area contributed by atoms with Gasteiger partial charge in [-0.15, -0.1) is 0 Å². The molecule has 1 atom stereocenters. The number of aryl methyl sites for hydroxylation is 1. The van der Waals surface area contributed by atoms with E-state index in [1.807, 2.05) is 42.0 Å². The third-order valence-electron chi connectivity index (χ3n) is 5.91. The van der Waals surface area contributed by atoms with Crippen molar-refractivity contribution < 1.29 is 28.5 Å². The van der Waals surface area contributed by atoms with E-state index in [0.29, 0.717) is 23.8 Å². The van der Waals surface area contributed by atoms with E-state index in [1.54, 1.807) is 33.0 Å². The molecule has 1 aromatic carbocycles. The Kier molecular flexibility index (Phi) is 9.79. The normalized spacial score (nSPS) is 12.7. The van der Waals surface area contributed by atoms with Gasteiger partial charge in [0.1, 0.15) is 29.5 Å². The molecule has 0 aliphatic rings. The summed E-state index contributed by atoms with van der Waals surface area (Å²) in [6, 6.07) is 9.51. The number of benzene rings is 1. The van der Waals surface area contributed by atoms with Crippen molar-refractivity contribution in [1.82, 2.24) is 14.9 Å². The zero-order valence-corrected chi connectivity index (χ0v) is 25.3. The lowest BCUT2D eigenvalue weighted by Crippen LogP contribution is -2.36. The number of carbonyl (C=O) groups is 2. The molecule has 3 rings (SSSR count). The number of fused-ring (bicyclic) bond motifs is 1. The summed E-state index contributed by atoms with van der Waals surface area (Å²) in [5.41, 5.74) is 1.81. The van der Waals surface area contributed by atoms with Crippen LogP contribution in [0.25, 0.3) is 11.0 Å². The van der Waals surface area contributed by atoms with Crippen LogP contribution < -0.4 is 10.1 Å². The van der Waals surface area contributed by atoms with E-state index in [2.05, 4.69) is 29.9 Å². The molecule has 0 saturated carbocycles. The van der Waals surface area contributed by atoms with Gasteiger partial charge >= 0.3 is 12.1 Å². The SMILES string of the molecule is COC(=O)CC(NC(=O)OC(C)(C)C)c1cccc(Oc2ccnc3c2c(C)cn3COCC[Si](C)(C)C)c1. The van der Waals surface area contributed by atoms with Crippen LogP contribution >= 0.6 is 0 Å². The Morgan fingerprint density at radius 1 is 1.15 bits per heavy atom. The fourth-order valence-corrected chi connectivity index (χ4v) is 4.74. The minimum atomic E-state index is -1.17. The van der Waals surface area contributed by atoms with Crippen molar-refractivity contribution >= 4 is 31.2 Å². The number of amides is 1. The molecule has 2 aromatic heterocycles. The van der Waals surface area contributed by atoms with Gasteiger partial charge in [0.05, 0.1) is 25.0 Å². The summed E-state index contributed by atoms with van der Waals surface area (Å²) in [6.45, 7) is 15.5. The summed E-state index contributed by atoms with van der Waals surface area (Å²) in [5.74, 6) is 0.752. The van der Waals surface area contributed by atoms with Crippen LogP contribution in [0.15, 0.2) is 42.7 Å². The third kappa shape index (κ3) is 9.11. The van der Waals surface area contributed by atoms with E-state index in [4.69, 9.17) is 18.9 Å². The Morgan fingerprint density at radius 3 is 2.56 bits per heavy atom. The Labute approximate surface area is 231 Å². The topological polar surface area (TPSA) is 101 Å². The third-order valence-corrected chi connectivity index (χ3v) is 7.62. The van der Waals surface area contributed by atoms with E-state index >= 15 is 0 Å². The van der Waals surface area contributed by atoms with Crippen molar-refractivity contribution in [2.24, 2.45) is 0 Å². The molecule has 10 heteroatoms. The summed E-state index contributed by atoms with van der Waals surface area (Å²) in [4.78, 5) is 29.2. The van der Waals surface area contributed by atoms with E-state index in [-0.39, 0.29) is 6.42 Å². The maximum Gasteiger partial charge on any atom is 0.408 e. The van der Waals surface area contributed by atoms with E-state index in [1.165, 1.54) is 7.11 Å². The second kappa shape index (κ2) is 12.7. The molecule has 0 aliphatic carbocycles. The second-order valence-corrected chi connectivity index (χ2v) is 17.4. The summed E-state index contributed by atoms with van der Waals surface area (Å²) in [6.07, 6.45) is 3.05. The molecule has 1 N–H and O–H groups in total. The van der Waals surface area contributed by atoms with Gasteiger partial charge in [-0.3, -0.25) is 4.79 Å². The number of ether oxygens (including phenoxy) is 4. The fourth-order valence-electron chi connectivity index (χ4n) is 3.98. The maximum atomic E-state index is 12.5. The minimum absolute atomic E-state index is 0.0572. The number of carbonyl (C=O) groups excluding carboxylic acids is 2. The highest BCUT2D eigenvalue weighted by Crippen LogP contribution is 2.33. The number of hydrogen-bond donors (Lipinski definition) is 1. The molecule has 9 nitrogen and oxygen atoms in total. The van der Waals surface area contributed by atoms with Crippen LogP contribution in [0, 0.1) is 6.92 Å². The largest absolute Gasteiger partial charge is 0.469 e. The van der Waals surface area contributed by atoms with E-state index in [9.17, 15) is 9.59 Å². The van der Waals surface area contributed by atoms with Crippen LogP contribution in [0.5, 0.6) is 11.5 Å². The van der Waals surface area contributed by atoms with Crippen LogP contribution in [0.1, 0.15) is 44.4 Å². The fraction of sp³-hybridized carbons (Fsp3) is 0.483. The Bertz CT molecular complexity index is 1290. The van der Waals surface area contributed by atoms with Gasteiger partial charge in [-0.05, 0) is 63.1 Å². The van der Waals surface area contributed by atoms with Crippen LogP contribution in [0.3, 0.4) is 0 Å². The number of hydrogen-bond acceptors (Lipinski definition) is 7. The van der Waals surface area contributed by atoms with Gasteiger partial charge in [0.2, 0.25) is 0 Å². The molecule has 0 radical (unpaired) electrons. The molecule has 2 heterocycles. The molecule has 0 saturated heterocycles. The van der Waals surface area contributed by atoms with Gasteiger partial charge in [0.25, 0.3) is 0 Å². The number of methoxy groups -OCH3 is 1. The molecule has 212 valence electrons. The molecule has 1 unspecified atom stereocenters. The summed E-state index contributed by atoms with van der Waals surface area (Å²) in [5, 5.41) is 3.68. The van der Waals surface area contributed by atoms with Crippen molar-refractivity contribution in [1.29, 1.82) is 0 Å². The number of aromatic nitrogens is 2. The number of alkyl carbamates (subject to hydrolysis) is 1. The zero-order valence-electron chi connectivity index (χ0n) is 24.3. The molecule has 0 bridgehead atoms. The van der Waals surface area contributed by atoms with Crippen LogP contribution in [0.2, 0.25) is 25.7 Å². The van der Waals surface area contributed by atoms with Gasteiger partial charge in [0, 0.05) is 27.1 Å².